The maximum atomic E-state index is 12.5. The highest BCUT2D eigenvalue weighted by Crippen LogP contribution is 2.44. The summed E-state index contributed by atoms with van der Waals surface area (Å²) in [7, 11) is 0. The van der Waals surface area contributed by atoms with Gasteiger partial charge in [0.1, 0.15) is 6.61 Å². The van der Waals surface area contributed by atoms with Crippen LogP contribution in [-0.2, 0) is 19.1 Å². The molecule has 0 radical (unpaired) electrons. The van der Waals surface area contributed by atoms with Crippen LogP contribution in [0.1, 0.15) is 42.7 Å². The predicted molar refractivity (Wildman–Crippen MR) is 128 cm³/mol. The summed E-state index contributed by atoms with van der Waals surface area (Å²) in [5, 5.41) is 14.9. The van der Waals surface area contributed by atoms with Crippen molar-refractivity contribution < 1.29 is 29.0 Å². The second-order valence-electron chi connectivity index (χ2n) is 9.75. The molecule has 8 nitrogen and oxygen atoms in total. The fraction of sp³-hybridized carbons (Fsp3) is 0.444. The highest BCUT2D eigenvalue weighted by Gasteiger charge is 2.45. The number of ether oxygens (including phenoxy) is 2. The lowest BCUT2D eigenvalue weighted by molar-refractivity contribution is -0.154. The van der Waals surface area contributed by atoms with E-state index in [2.05, 4.69) is 34.9 Å². The molecule has 0 spiro atoms. The summed E-state index contributed by atoms with van der Waals surface area (Å²) < 4.78 is 11.2. The fourth-order valence-electron chi connectivity index (χ4n) is 5.35. The number of carbonyl (C=O) groups excluding carboxylic acids is 2. The summed E-state index contributed by atoms with van der Waals surface area (Å²) in [5.74, 6) is -1.40. The molecular formula is C27H30N2O6. The average Bonchev–Trinajstić information content (AvgIpc) is 3.43. The van der Waals surface area contributed by atoms with Crippen molar-refractivity contribution >= 4 is 18.0 Å². The molecule has 2 aromatic carbocycles. The lowest BCUT2D eigenvalue weighted by atomic mass is 9.68. The van der Waals surface area contributed by atoms with Gasteiger partial charge in [-0.3, -0.25) is 9.59 Å². The van der Waals surface area contributed by atoms with Gasteiger partial charge in [-0.25, -0.2) is 4.79 Å². The normalized spacial score (nSPS) is 21.9. The predicted octanol–water partition coefficient (Wildman–Crippen LogP) is 3.30. The zero-order chi connectivity index (χ0) is 24.4. The Kier molecular flexibility index (Phi) is 6.47. The second-order valence-corrected chi connectivity index (χ2v) is 9.75. The highest BCUT2D eigenvalue weighted by atomic mass is 16.5. The van der Waals surface area contributed by atoms with Crippen molar-refractivity contribution in [1.82, 2.24) is 10.6 Å². The number of benzene rings is 2. The van der Waals surface area contributed by atoms with E-state index >= 15 is 0 Å². The second kappa shape index (κ2) is 9.70. The van der Waals surface area contributed by atoms with E-state index in [4.69, 9.17) is 9.47 Å². The SMILES string of the molecule is O=C(NC[C@@H]1C[C@H](C(=O)NCC2(C(=O)O)CCC2)CO1)OCC1c2ccccc2-c2ccccc21. The van der Waals surface area contributed by atoms with Gasteiger partial charge in [-0.1, -0.05) is 55.0 Å². The van der Waals surface area contributed by atoms with E-state index in [0.29, 0.717) is 19.3 Å². The Bertz CT molecular complexity index is 1080. The van der Waals surface area contributed by atoms with Crippen molar-refractivity contribution in [1.29, 1.82) is 0 Å². The van der Waals surface area contributed by atoms with E-state index in [1.807, 2.05) is 24.3 Å². The molecule has 0 bridgehead atoms. The van der Waals surface area contributed by atoms with Crippen LogP contribution >= 0.6 is 0 Å². The summed E-state index contributed by atoms with van der Waals surface area (Å²) in [5.41, 5.74) is 3.84. The first-order chi connectivity index (χ1) is 17.0. The monoisotopic (exact) mass is 478 g/mol. The first-order valence-corrected chi connectivity index (χ1v) is 12.2. The number of fused-ring (bicyclic) bond motifs is 3. The van der Waals surface area contributed by atoms with E-state index in [0.717, 1.165) is 17.5 Å². The number of hydrogen-bond acceptors (Lipinski definition) is 5. The van der Waals surface area contributed by atoms with E-state index < -0.39 is 17.5 Å². The van der Waals surface area contributed by atoms with Crippen LogP contribution in [0.25, 0.3) is 11.1 Å². The Hall–Kier alpha value is -3.39. The van der Waals surface area contributed by atoms with Crippen molar-refractivity contribution in [2.45, 2.75) is 37.7 Å². The van der Waals surface area contributed by atoms with Crippen molar-refractivity contribution in [3.8, 4) is 11.1 Å². The zero-order valence-corrected chi connectivity index (χ0v) is 19.5. The molecule has 1 saturated heterocycles. The minimum atomic E-state index is -0.850. The van der Waals surface area contributed by atoms with Crippen molar-refractivity contribution in [3.63, 3.8) is 0 Å². The van der Waals surface area contributed by atoms with Crippen LogP contribution in [0.2, 0.25) is 0 Å². The van der Waals surface area contributed by atoms with Gasteiger partial charge in [-0.15, -0.1) is 0 Å². The van der Waals surface area contributed by atoms with Gasteiger partial charge in [0.25, 0.3) is 0 Å². The van der Waals surface area contributed by atoms with Crippen LogP contribution in [0.3, 0.4) is 0 Å². The molecule has 1 heterocycles. The Morgan fingerprint density at radius 3 is 2.26 bits per heavy atom. The number of aliphatic carboxylic acids is 1. The average molecular weight is 479 g/mol. The number of carboxylic acid groups (broad SMARTS) is 1. The molecule has 0 aromatic heterocycles. The molecule has 2 atom stereocenters. The van der Waals surface area contributed by atoms with E-state index in [1.54, 1.807) is 0 Å². The minimum absolute atomic E-state index is 0.00581. The Balaban J connectivity index is 1.07. The molecule has 1 saturated carbocycles. The van der Waals surface area contributed by atoms with E-state index in [9.17, 15) is 19.5 Å². The van der Waals surface area contributed by atoms with Gasteiger partial charge in [0.05, 0.1) is 24.0 Å². The molecule has 3 aliphatic rings. The molecule has 184 valence electrons. The summed E-state index contributed by atoms with van der Waals surface area (Å²) >= 11 is 0. The molecule has 1 aliphatic heterocycles. The van der Waals surface area contributed by atoms with Gasteiger partial charge in [0.15, 0.2) is 0 Å². The van der Waals surface area contributed by atoms with Crippen LogP contribution < -0.4 is 10.6 Å². The molecule has 0 unspecified atom stereocenters. The molecular weight excluding hydrogens is 448 g/mol. The number of carboxylic acids is 1. The van der Waals surface area contributed by atoms with Crippen molar-refractivity contribution in [3.05, 3.63) is 59.7 Å². The molecule has 2 aliphatic carbocycles. The number of rotatable bonds is 8. The Morgan fingerprint density at radius 2 is 1.66 bits per heavy atom. The lowest BCUT2D eigenvalue weighted by Gasteiger charge is -2.37. The van der Waals surface area contributed by atoms with Crippen molar-refractivity contribution in [2.75, 3.05) is 26.3 Å². The van der Waals surface area contributed by atoms with Crippen LogP contribution in [0.4, 0.5) is 4.79 Å². The number of hydrogen-bond donors (Lipinski definition) is 3. The van der Waals surface area contributed by atoms with Gasteiger partial charge in [0, 0.05) is 19.0 Å². The molecule has 35 heavy (non-hydrogen) atoms. The topological polar surface area (TPSA) is 114 Å². The highest BCUT2D eigenvalue weighted by molar-refractivity contribution is 5.81. The standard InChI is InChI=1S/C27H30N2O6/c30-24(29-16-27(25(31)32)10-5-11-27)17-12-18(34-14-17)13-28-26(33)35-15-23-21-8-3-1-6-19(21)20-7-2-4-9-22(20)23/h1-4,6-9,17-18,23H,5,10-16H2,(H,28,33)(H,29,30)(H,31,32)/t17-,18-/m0/s1. The van der Waals surface area contributed by atoms with Crippen LogP contribution in [0.15, 0.2) is 48.5 Å². The first kappa shape index (κ1) is 23.4. The molecule has 5 rings (SSSR count). The fourth-order valence-corrected chi connectivity index (χ4v) is 5.35. The van der Waals surface area contributed by atoms with Gasteiger partial charge in [-0.05, 0) is 41.5 Å². The van der Waals surface area contributed by atoms with Gasteiger partial charge in [0.2, 0.25) is 5.91 Å². The molecule has 3 N–H and O–H groups in total. The quantitative estimate of drug-likeness (QED) is 0.537. The maximum Gasteiger partial charge on any atom is 0.407 e. The smallest absolute Gasteiger partial charge is 0.407 e. The third-order valence-electron chi connectivity index (χ3n) is 7.63. The summed E-state index contributed by atoms with van der Waals surface area (Å²) in [6.07, 6.45) is 1.72. The molecule has 8 heteroatoms. The number of amides is 2. The third kappa shape index (κ3) is 4.62. The lowest BCUT2D eigenvalue weighted by Crippen LogP contribution is -2.48. The van der Waals surface area contributed by atoms with Crippen LogP contribution in [0, 0.1) is 11.3 Å². The van der Waals surface area contributed by atoms with Gasteiger partial charge < -0.3 is 25.2 Å². The van der Waals surface area contributed by atoms with Crippen LogP contribution in [-0.4, -0.2) is 55.5 Å². The summed E-state index contributed by atoms with van der Waals surface area (Å²) in [6.45, 7) is 0.893. The summed E-state index contributed by atoms with van der Waals surface area (Å²) in [4.78, 5) is 36.4. The van der Waals surface area contributed by atoms with Crippen LogP contribution in [0.5, 0.6) is 0 Å². The first-order valence-electron chi connectivity index (χ1n) is 12.2. The number of nitrogens with one attached hydrogen (secondary N) is 2. The number of carbonyl (C=O) groups is 3. The zero-order valence-electron chi connectivity index (χ0n) is 19.5. The van der Waals surface area contributed by atoms with Gasteiger partial charge >= 0.3 is 12.1 Å². The third-order valence-corrected chi connectivity index (χ3v) is 7.63. The molecule has 2 amide bonds. The Labute approximate surface area is 204 Å². The van der Waals surface area contributed by atoms with Crippen molar-refractivity contribution in [2.24, 2.45) is 11.3 Å². The summed E-state index contributed by atoms with van der Waals surface area (Å²) in [6, 6.07) is 16.3. The molecule has 2 fully saturated rings. The van der Waals surface area contributed by atoms with E-state index in [1.165, 1.54) is 11.1 Å². The maximum absolute atomic E-state index is 12.5. The minimum Gasteiger partial charge on any atom is -0.481 e. The largest absolute Gasteiger partial charge is 0.481 e. The number of alkyl carbamates (subject to hydrolysis) is 1. The Morgan fingerprint density at radius 1 is 1.00 bits per heavy atom. The van der Waals surface area contributed by atoms with E-state index in [-0.39, 0.29) is 50.2 Å². The molecule has 2 aromatic rings. The van der Waals surface area contributed by atoms with Gasteiger partial charge in [-0.2, -0.15) is 0 Å².